The SMILES string of the molecule is O=C(COc1ccc2c(c1)O/C(=C/c1ccc(Br)cc1)C2=O)c1ccc(Br)cc1. The minimum Gasteiger partial charge on any atom is -0.485 e. The van der Waals surface area contributed by atoms with E-state index in [1.807, 2.05) is 24.3 Å². The molecule has 0 N–H and O–H groups in total. The fourth-order valence-corrected chi connectivity index (χ4v) is 3.36. The highest BCUT2D eigenvalue weighted by molar-refractivity contribution is 9.10. The number of ketones is 2. The molecule has 0 radical (unpaired) electrons. The second-order valence-corrected chi connectivity index (χ2v) is 8.20. The largest absolute Gasteiger partial charge is 0.485 e. The number of hydrogen-bond donors (Lipinski definition) is 0. The summed E-state index contributed by atoms with van der Waals surface area (Å²) in [6.45, 7) is -0.101. The Balaban J connectivity index is 1.46. The van der Waals surface area contributed by atoms with Crippen LogP contribution in [0.1, 0.15) is 26.3 Å². The molecule has 6 heteroatoms. The van der Waals surface area contributed by atoms with Gasteiger partial charge >= 0.3 is 0 Å². The van der Waals surface area contributed by atoms with Gasteiger partial charge < -0.3 is 9.47 Å². The van der Waals surface area contributed by atoms with Crippen LogP contribution in [0.4, 0.5) is 0 Å². The zero-order valence-corrected chi connectivity index (χ0v) is 18.2. The summed E-state index contributed by atoms with van der Waals surface area (Å²) in [4.78, 5) is 24.8. The van der Waals surface area contributed by atoms with Crippen LogP contribution < -0.4 is 9.47 Å². The smallest absolute Gasteiger partial charge is 0.231 e. The Morgan fingerprint density at radius 3 is 2.28 bits per heavy atom. The molecule has 0 bridgehead atoms. The molecule has 1 aliphatic rings. The van der Waals surface area contributed by atoms with Gasteiger partial charge in [-0.1, -0.05) is 56.1 Å². The summed E-state index contributed by atoms with van der Waals surface area (Å²) in [6.07, 6.45) is 1.70. The first-order valence-corrected chi connectivity index (χ1v) is 10.3. The van der Waals surface area contributed by atoms with Crippen molar-refractivity contribution in [2.45, 2.75) is 0 Å². The normalized spacial score (nSPS) is 13.9. The first kappa shape index (κ1) is 19.6. The maximum Gasteiger partial charge on any atom is 0.231 e. The second-order valence-electron chi connectivity index (χ2n) is 6.37. The second kappa shape index (κ2) is 8.35. The molecule has 1 heterocycles. The third kappa shape index (κ3) is 4.49. The molecule has 0 saturated carbocycles. The number of halogens is 2. The van der Waals surface area contributed by atoms with Gasteiger partial charge in [0.05, 0.1) is 5.56 Å². The van der Waals surface area contributed by atoms with Crippen LogP contribution in [-0.2, 0) is 0 Å². The molecule has 0 saturated heterocycles. The van der Waals surface area contributed by atoms with E-state index in [0.29, 0.717) is 22.6 Å². The number of ether oxygens (including phenoxy) is 2. The van der Waals surface area contributed by atoms with Crippen molar-refractivity contribution in [3.05, 3.63) is 98.1 Å². The molecule has 144 valence electrons. The fraction of sp³-hybridized carbons (Fsp3) is 0.0435. The van der Waals surface area contributed by atoms with Crippen molar-refractivity contribution in [1.29, 1.82) is 0 Å². The molecule has 0 aromatic heterocycles. The molecule has 4 nitrogen and oxygen atoms in total. The van der Waals surface area contributed by atoms with Crippen molar-refractivity contribution >= 4 is 49.5 Å². The molecular formula is C23H14Br2O4. The molecule has 1 aliphatic heterocycles. The summed E-state index contributed by atoms with van der Waals surface area (Å²) in [5, 5.41) is 0. The van der Waals surface area contributed by atoms with Crippen molar-refractivity contribution in [1.82, 2.24) is 0 Å². The van der Waals surface area contributed by atoms with Crippen molar-refractivity contribution in [3.63, 3.8) is 0 Å². The van der Waals surface area contributed by atoms with Crippen LogP contribution in [0.25, 0.3) is 6.08 Å². The zero-order valence-electron chi connectivity index (χ0n) is 15.0. The molecule has 3 aromatic rings. The summed E-state index contributed by atoms with van der Waals surface area (Å²) < 4.78 is 13.2. The van der Waals surface area contributed by atoms with Crippen molar-refractivity contribution < 1.29 is 19.1 Å². The molecule has 0 unspecified atom stereocenters. The predicted molar refractivity (Wildman–Crippen MR) is 117 cm³/mol. The molecule has 0 atom stereocenters. The number of Topliss-reactive ketones (excluding diaryl/α,β-unsaturated/α-hetero) is 2. The van der Waals surface area contributed by atoms with E-state index in [9.17, 15) is 9.59 Å². The van der Waals surface area contributed by atoms with Crippen molar-refractivity contribution in [3.8, 4) is 11.5 Å². The standard InChI is InChI=1S/C23H14Br2O4/c24-16-5-1-14(2-6-16)11-22-23(27)19-10-9-18(12-21(19)29-22)28-13-20(26)15-3-7-17(25)8-4-15/h1-12H,13H2/b22-11+. The van der Waals surface area contributed by atoms with Gasteiger partial charge in [0.1, 0.15) is 11.5 Å². The van der Waals surface area contributed by atoms with Gasteiger partial charge in [-0.25, -0.2) is 0 Å². The van der Waals surface area contributed by atoms with Gasteiger partial charge in [-0.3, -0.25) is 9.59 Å². The predicted octanol–water partition coefficient (Wildman–Crippen LogP) is 6.09. The summed E-state index contributed by atoms with van der Waals surface area (Å²) in [5.74, 6) is 0.829. The molecule has 0 aliphatic carbocycles. The minimum atomic E-state index is -0.180. The molecule has 3 aromatic carbocycles. The van der Waals surface area contributed by atoms with Crippen molar-refractivity contribution in [2.75, 3.05) is 6.61 Å². The van der Waals surface area contributed by atoms with Crippen LogP contribution >= 0.6 is 31.9 Å². The van der Waals surface area contributed by atoms with Gasteiger partial charge in [-0.15, -0.1) is 0 Å². The summed E-state index contributed by atoms with van der Waals surface area (Å²) in [7, 11) is 0. The van der Waals surface area contributed by atoms with Gasteiger partial charge in [-0.2, -0.15) is 0 Å². The fourth-order valence-electron chi connectivity index (χ4n) is 2.84. The lowest BCUT2D eigenvalue weighted by atomic mass is 10.1. The van der Waals surface area contributed by atoms with Crippen molar-refractivity contribution in [2.24, 2.45) is 0 Å². The summed E-state index contributed by atoms with van der Waals surface area (Å²) in [5.41, 5.74) is 1.90. The Labute approximate surface area is 184 Å². The topological polar surface area (TPSA) is 52.6 Å². The lowest BCUT2D eigenvalue weighted by Crippen LogP contribution is -2.11. The van der Waals surface area contributed by atoms with Gasteiger partial charge in [0.2, 0.25) is 5.78 Å². The molecule has 0 amide bonds. The quantitative estimate of drug-likeness (QED) is 0.306. The monoisotopic (exact) mass is 512 g/mol. The van der Waals surface area contributed by atoms with Gasteiger partial charge in [0.15, 0.2) is 18.1 Å². The molecule has 29 heavy (non-hydrogen) atoms. The van der Waals surface area contributed by atoms with E-state index < -0.39 is 0 Å². The van der Waals surface area contributed by atoms with Gasteiger partial charge in [-0.05, 0) is 48.0 Å². The Bertz CT molecular complexity index is 1120. The lowest BCUT2D eigenvalue weighted by molar-refractivity contribution is 0.0921. The number of rotatable bonds is 5. The first-order valence-electron chi connectivity index (χ1n) is 8.75. The van der Waals surface area contributed by atoms with Crippen LogP contribution in [0.15, 0.2) is 81.4 Å². The maximum absolute atomic E-state index is 12.6. The first-order chi connectivity index (χ1) is 14.0. The zero-order chi connectivity index (χ0) is 20.4. The van der Waals surface area contributed by atoms with Crippen LogP contribution in [-0.4, -0.2) is 18.2 Å². The molecule has 0 spiro atoms. The average Bonchev–Trinajstić information content (AvgIpc) is 3.03. The number of carbonyl (C=O) groups excluding carboxylic acids is 2. The highest BCUT2D eigenvalue weighted by atomic mass is 79.9. The van der Waals surface area contributed by atoms with Crippen LogP contribution in [0.3, 0.4) is 0 Å². The van der Waals surface area contributed by atoms with Crippen LogP contribution in [0, 0.1) is 0 Å². The number of fused-ring (bicyclic) bond motifs is 1. The average molecular weight is 514 g/mol. The third-order valence-electron chi connectivity index (χ3n) is 4.35. The van der Waals surface area contributed by atoms with E-state index in [4.69, 9.17) is 9.47 Å². The number of carbonyl (C=O) groups is 2. The summed E-state index contributed by atoms with van der Waals surface area (Å²) in [6, 6.07) is 19.6. The summed E-state index contributed by atoms with van der Waals surface area (Å²) >= 11 is 6.73. The number of benzene rings is 3. The Kier molecular flexibility index (Phi) is 5.65. The maximum atomic E-state index is 12.6. The highest BCUT2D eigenvalue weighted by Crippen LogP contribution is 2.35. The van der Waals surface area contributed by atoms with E-state index in [1.165, 1.54) is 0 Å². The van der Waals surface area contributed by atoms with E-state index in [-0.39, 0.29) is 23.9 Å². The Hall–Kier alpha value is -2.70. The Morgan fingerprint density at radius 2 is 1.59 bits per heavy atom. The van der Waals surface area contributed by atoms with E-state index >= 15 is 0 Å². The van der Waals surface area contributed by atoms with Gasteiger partial charge in [0, 0.05) is 20.6 Å². The van der Waals surface area contributed by atoms with E-state index in [1.54, 1.807) is 48.5 Å². The molecule has 4 rings (SSSR count). The van der Waals surface area contributed by atoms with Gasteiger partial charge in [0.25, 0.3) is 0 Å². The van der Waals surface area contributed by atoms with Crippen LogP contribution in [0.5, 0.6) is 11.5 Å². The number of hydrogen-bond acceptors (Lipinski definition) is 4. The van der Waals surface area contributed by atoms with E-state index in [0.717, 1.165) is 14.5 Å². The lowest BCUT2D eigenvalue weighted by Gasteiger charge is -2.07. The van der Waals surface area contributed by atoms with E-state index in [2.05, 4.69) is 31.9 Å². The Morgan fingerprint density at radius 1 is 0.931 bits per heavy atom. The highest BCUT2D eigenvalue weighted by Gasteiger charge is 2.27. The third-order valence-corrected chi connectivity index (χ3v) is 5.40. The minimum absolute atomic E-state index is 0.101. The number of allylic oxidation sites excluding steroid dienone is 1. The van der Waals surface area contributed by atoms with Crippen LogP contribution in [0.2, 0.25) is 0 Å². The molecule has 0 fully saturated rings. The molecular weight excluding hydrogens is 500 g/mol.